The molecule has 0 atom stereocenters. The van der Waals surface area contributed by atoms with Crippen LogP contribution in [0, 0.1) is 3.57 Å². The minimum absolute atomic E-state index is 0.149. The summed E-state index contributed by atoms with van der Waals surface area (Å²) >= 11 is 1.83. The Bertz CT molecular complexity index is 412. The predicted molar refractivity (Wildman–Crippen MR) is 59.8 cm³/mol. The molecule has 0 fully saturated rings. The molecule has 0 spiro atoms. The van der Waals surface area contributed by atoms with Crippen LogP contribution in [0.4, 0.5) is 8.78 Å². The number of methoxy groups -OCH3 is 1. The summed E-state index contributed by atoms with van der Waals surface area (Å²) in [5, 5.41) is 8.67. The maximum atomic E-state index is 12.6. The number of carboxylic acid groups (broad SMARTS) is 1. The summed E-state index contributed by atoms with van der Waals surface area (Å²) in [7, 11) is 1.21. The molecule has 1 heterocycles. The van der Waals surface area contributed by atoms with Crippen molar-refractivity contribution in [1.82, 2.24) is 4.98 Å². The van der Waals surface area contributed by atoms with Crippen molar-refractivity contribution in [1.29, 1.82) is 0 Å². The highest BCUT2D eigenvalue weighted by molar-refractivity contribution is 14.1. The number of hydrogen-bond donors (Lipinski definition) is 1. The molecule has 1 aromatic rings. The highest BCUT2D eigenvalue weighted by Gasteiger charge is 2.22. The third kappa shape index (κ3) is 2.77. The van der Waals surface area contributed by atoms with Crippen molar-refractivity contribution in [2.45, 2.75) is 12.8 Å². The largest absolute Gasteiger partial charge is 0.494 e. The van der Waals surface area contributed by atoms with Crippen LogP contribution in [-0.2, 0) is 11.2 Å². The fraction of sp³-hybridized carbons (Fsp3) is 0.333. The van der Waals surface area contributed by atoms with Crippen molar-refractivity contribution >= 4 is 28.6 Å². The maximum Gasteiger partial charge on any atom is 0.308 e. The standard InChI is InChI=1S/C9H8F2INO3/c1-16-8-4(2-6(14)15)5(12)3-13-7(8)9(10)11/h3,9H,2H2,1H3,(H,14,15). The summed E-state index contributed by atoms with van der Waals surface area (Å²) in [6, 6.07) is 0. The Morgan fingerprint density at radius 2 is 2.31 bits per heavy atom. The third-order valence-corrected chi connectivity index (χ3v) is 2.78. The van der Waals surface area contributed by atoms with E-state index in [4.69, 9.17) is 9.84 Å². The number of aliphatic carboxylic acids is 1. The van der Waals surface area contributed by atoms with Crippen molar-refractivity contribution in [2.75, 3.05) is 7.11 Å². The van der Waals surface area contributed by atoms with Gasteiger partial charge in [-0.1, -0.05) is 0 Å². The van der Waals surface area contributed by atoms with Gasteiger partial charge in [0, 0.05) is 15.3 Å². The van der Waals surface area contributed by atoms with E-state index in [1.807, 2.05) is 22.6 Å². The molecule has 16 heavy (non-hydrogen) atoms. The van der Waals surface area contributed by atoms with Gasteiger partial charge in [-0.25, -0.2) is 8.78 Å². The van der Waals surface area contributed by atoms with E-state index < -0.39 is 18.1 Å². The molecule has 0 bridgehead atoms. The van der Waals surface area contributed by atoms with E-state index in [1.54, 1.807) is 0 Å². The van der Waals surface area contributed by atoms with Crippen LogP contribution >= 0.6 is 22.6 Å². The number of alkyl halides is 2. The summed E-state index contributed by atoms with van der Waals surface area (Å²) in [6.45, 7) is 0. The SMILES string of the molecule is COc1c(C(F)F)ncc(I)c1CC(=O)O. The molecule has 0 aliphatic carbocycles. The van der Waals surface area contributed by atoms with Crippen LogP contribution in [0.5, 0.6) is 5.75 Å². The quantitative estimate of drug-likeness (QED) is 0.852. The normalized spacial score (nSPS) is 10.6. The van der Waals surface area contributed by atoms with E-state index in [1.165, 1.54) is 13.3 Å². The third-order valence-electron chi connectivity index (χ3n) is 1.85. The molecule has 0 saturated carbocycles. The van der Waals surface area contributed by atoms with Gasteiger partial charge in [-0.2, -0.15) is 0 Å². The topological polar surface area (TPSA) is 59.4 Å². The highest BCUT2D eigenvalue weighted by Crippen LogP contribution is 2.32. The number of nitrogens with zero attached hydrogens (tertiary/aromatic N) is 1. The second-order valence-electron chi connectivity index (χ2n) is 2.87. The smallest absolute Gasteiger partial charge is 0.308 e. The Balaban J connectivity index is 3.32. The van der Waals surface area contributed by atoms with Gasteiger partial charge in [-0.05, 0) is 22.6 Å². The molecule has 1 N–H and O–H groups in total. The van der Waals surface area contributed by atoms with Gasteiger partial charge in [-0.3, -0.25) is 9.78 Å². The lowest BCUT2D eigenvalue weighted by molar-refractivity contribution is -0.136. The van der Waals surface area contributed by atoms with Gasteiger partial charge < -0.3 is 9.84 Å². The first-order valence-electron chi connectivity index (χ1n) is 4.18. The molecular formula is C9H8F2INO3. The zero-order valence-electron chi connectivity index (χ0n) is 8.21. The Morgan fingerprint density at radius 3 is 2.75 bits per heavy atom. The lowest BCUT2D eigenvalue weighted by Gasteiger charge is -2.12. The molecule has 1 aromatic heterocycles. The number of carboxylic acids is 1. The Labute approximate surface area is 104 Å². The minimum atomic E-state index is -2.79. The van der Waals surface area contributed by atoms with Crippen LogP contribution in [-0.4, -0.2) is 23.2 Å². The second kappa shape index (κ2) is 5.37. The number of aromatic nitrogens is 1. The maximum absolute atomic E-state index is 12.6. The fourth-order valence-electron chi connectivity index (χ4n) is 1.22. The molecule has 0 aliphatic rings. The molecule has 0 amide bonds. The van der Waals surface area contributed by atoms with E-state index in [0.717, 1.165) is 0 Å². The van der Waals surface area contributed by atoms with E-state index in [0.29, 0.717) is 3.57 Å². The minimum Gasteiger partial charge on any atom is -0.494 e. The molecule has 4 nitrogen and oxygen atoms in total. The van der Waals surface area contributed by atoms with Crippen LogP contribution in [0.15, 0.2) is 6.20 Å². The lowest BCUT2D eigenvalue weighted by Crippen LogP contribution is -2.08. The summed E-state index contributed by atoms with van der Waals surface area (Å²) in [4.78, 5) is 14.1. The summed E-state index contributed by atoms with van der Waals surface area (Å²) in [6.07, 6.45) is -1.95. The molecule has 7 heteroatoms. The molecule has 0 unspecified atom stereocenters. The average molecular weight is 343 g/mol. The number of rotatable bonds is 4. The molecule has 1 rings (SSSR count). The van der Waals surface area contributed by atoms with Gasteiger partial charge in [0.05, 0.1) is 13.5 Å². The van der Waals surface area contributed by atoms with Gasteiger partial charge in [0.25, 0.3) is 6.43 Å². The van der Waals surface area contributed by atoms with Crippen molar-refractivity contribution in [3.8, 4) is 5.75 Å². The Kier molecular flexibility index (Phi) is 4.39. The monoisotopic (exact) mass is 343 g/mol. The molecule has 0 saturated heterocycles. The number of halogens is 3. The van der Waals surface area contributed by atoms with Gasteiger partial charge in [0.1, 0.15) is 5.69 Å². The summed E-state index contributed by atoms with van der Waals surface area (Å²) < 4.78 is 30.4. The van der Waals surface area contributed by atoms with E-state index in [-0.39, 0.29) is 17.7 Å². The number of pyridine rings is 1. The predicted octanol–water partition coefficient (Wildman–Crippen LogP) is 2.26. The van der Waals surface area contributed by atoms with Crippen molar-refractivity contribution in [3.63, 3.8) is 0 Å². The first-order chi connectivity index (χ1) is 7.47. The second-order valence-corrected chi connectivity index (χ2v) is 4.04. The first-order valence-corrected chi connectivity index (χ1v) is 5.26. The van der Waals surface area contributed by atoms with Gasteiger partial charge in [-0.15, -0.1) is 0 Å². The lowest BCUT2D eigenvalue weighted by atomic mass is 10.1. The van der Waals surface area contributed by atoms with E-state index >= 15 is 0 Å². The molecule has 0 aromatic carbocycles. The first kappa shape index (κ1) is 13.1. The van der Waals surface area contributed by atoms with Crippen LogP contribution in [0.1, 0.15) is 17.7 Å². The number of hydrogen-bond acceptors (Lipinski definition) is 3. The van der Waals surface area contributed by atoms with Crippen molar-refractivity contribution < 1.29 is 23.4 Å². The molecule has 88 valence electrons. The average Bonchev–Trinajstić information content (AvgIpc) is 2.19. The van der Waals surface area contributed by atoms with Crippen LogP contribution in [0.3, 0.4) is 0 Å². The number of carbonyl (C=O) groups is 1. The zero-order valence-corrected chi connectivity index (χ0v) is 10.4. The Hall–Kier alpha value is -0.990. The Morgan fingerprint density at radius 1 is 1.69 bits per heavy atom. The highest BCUT2D eigenvalue weighted by atomic mass is 127. The summed E-state index contributed by atoms with van der Waals surface area (Å²) in [5.74, 6) is -1.26. The zero-order chi connectivity index (χ0) is 12.3. The fourth-order valence-corrected chi connectivity index (χ4v) is 1.80. The van der Waals surface area contributed by atoms with Gasteiger partial charge in [0.15, 0.2) is 5.75 Å². The van der Waals surface area contributed by atoms with Crippen LogP contribution < -0.4 is 4.74 Å². The van der Waals surface area contributed by atoms with E-state index in [9.17, 15) is 13.6 Å². The number of ether oxygens (including phenoxy) is 1. The van der Waals surface area contributed by atoms with Crippen LogP contribution in [0.25, 0.3) is 0 Å². The van der Waals surface area contributed by atoms with Crippen molar-refractivity contribution in [3.05, 3.63) is 21.0 Å². The summed E-state index contributed by atoms with van der Waals surface area (Å²) in [5.41, 5.74) is -0.305. The molecule has 0 aliphatic heterocycles. The van der Waals surface area contributed by atoms with Crippen LogP contribution in [0.2, 0.25) is 0 Å². The van der Waals surface area contributed by atoms with E-state index in [2.05, 4.69) is 4.98 Å². The molecular weight excluding hydrogens is 335 g/mol. The molecule has 0 radical (unpaired) electrons. The van der Waals surface area contributed by atoms with Crippen molar-refractivity contribution in [2.24, 2.45) is 0 Å². The van der Waals surface area contributed by atoms with Gasteiger partial charge >= 0.3 is 5.97 Å². The van der Waals surface area contributed by atoms with Gasteiger partial charge in [0.2, 0.25) is 0 Å².